The Bertz CT molecular complexity index is 473. The number of pyridine rings is 1. The number of aliphatic hydroxyl groups excluding tert-OH is 2. The third kappa shape index (κ3) is 2.21. The van der Waals surface area contributed by atoms with Gasteiger partial charge in [-0.1, -0.05) is 12.2 Å². The van der Waals surface area contributed by atoms with Crippen LogP contribution in [0.15, 0.2) is 12.3 Å². The van der Waals surface area contributed by atoms with Crippen LogP contribution >= 0.6 is 12.2 Å². The summed E-state index contributed by atoms with van der Waals surface area (Å²) in [5.41, 5.74) is 0.591. The minimum absolute atomic E-state index is 0.0491. The molecule has 5 nitrogen and oxygen atoms in total. The van der Waals surface area contributed by atoms with Crippen LogP contribution < -0.4 is 0 Å². The van der Waals surface area contributed by atoms with Crippen molar-refractivity contribution in [2.45, 2.75) is 31.8 Å². The van der Waals surface area contributed by atoms with Crippen molar-refractivity contribution in [2.24, 2.45) is 0 Å². The van der Waals surface area contributed by atoms with Gasteiger partial charge >= 0.3 is 0 Å². The maximum Gasteiger partial charge on any atom is 0.152 e. The molecule has 0 aromatic carbocycles. The van der Waals surface area contributed by atoms with Gasteiger partial charge in [-0.2, -0.15) is 0 Å². The number of aromatic hydroxyl groups is 1. The molecule has 0 amide bonds. The number of ether oxygens (including phenoxy) is 1. The molecule has 1 fully saturated rings. The molecule has 2 heterocycles. The van der Waals surface area contributed by atoms with Crippen molar-refractivity contribution in [3.63, 3.8) is 0 Å². The fraction of sp³-hybridized carbons (Fsp3) is 0.545. The number of aliphatic hydroxyl groups is 2. The Hall–Kier alpha value is -0.950. The van der Waals surface area contributed by atoms with Crippen molar-refractivity contribution in [2.75, 3.05) is 6.61 Å². The van der Waals surface area contributed by atoms with Gasteiger partial charge in [-0.05, 0) is 13.0 Å². The van der Waals surface area contributed by atoms with Gasteiger partial charge in [0.15, 0.2) is 5.75 Å². The Morgan fingerprint density at radius 3 is 2.88 bits per heavy atom. The van der Waals surface area contributed by atoms with E-state index < -0.39 is 12.2 Å². The molecule has 0 spiro atoms. The number of hydrogen-bond donors (Lipinski definition) is 3. The Kier molecular flexibility index (Phi) is 3.48. The van der Waals surface area contributed by atoms with Gasteiger partial charge in [-0.15, -0.1) is 0 Å². The highest BCUT2D eigenvalue weighted by Crippen LogP contribution is 2.31. The van der Waals surface area contributed by atoms with Gasteiger partial charge in [0.1, 0.15) is 12.3 Å². The van der Waals surface area contributed by atoms with Crippen LogP contribution in [0.2, 0.25) is 0 Å². The van der Waals surface area contributed by atoms with Crippen LogP contribution in [0.3, 0.4) is 0 Å². The lowest BCUT2D eigenvalue weighted by Crippen LogP contribution is -2.24. The van der Waals surface area contributed by atoms with Crippen molar-refractivity contribution < 1.29 is 20.1 Å². The van der Waals surface area contributed by atoms with E-state index in [4.69, 9.17) is 22.1 Å². The second-order valence-corrected chi connectivity index (χ2v) is 4.58. The largest absolute Gasteiger partial charge is 0.505 e. The summed E-state index contributed by atoms with van der Waals surface area (Å²) in [6.07, 6.45) is 0.449. The topological polar surface area (TPSA) is 74.9 Å². The summed E-state index contributed by atoms with van der Waals surface area (Å²) >= 11 is 4.95. The van der Waals surface area contributed by atoms with Gasteiger partial charge < -0.3 is 24.6 Å². The van der Waals surface area contributed by atoms with E-state index in [-0.39, 0.29) is 18.6 Å². The van der Waals surface area contributed by atoms with Gasteiger partial charge in [0, 0.05) is 12.6 Å². The monoisotopic (exact) mass is 257 g/mol. The third-order valence-electron chi connectivity index (χ3n) is 3.04. The highest BCUT2D eigenvalue weighted by molar-refractivity contribution is 7.71. The van der Waals surface area contributed by atoms with E-state index in [1.165, 1.54) is 0 Å². The Morgan fingerprint density at radius 1 is 1.59 bits per heavy atom. The SMILES string of the molecule is Cc1c(O)c(=S)ccn1[C@H]1C[C@@H](O)[C@@H](CO)O1. The van der Waals surface area contributed by atoms with Crippen LogP contribution in [0.5, 0.6) is 5.75 Å². The van der Waals surface area contributed by atoms with Crippen LogP contribution in [-0.2, 0) is 4.74 Å². The molecule has 94 valence electrons. The maximum atomic E-state index is 9.74. The maximum absolute atomic E-state index is 9.74. The molecule has 2 rings (SSSR count). The summed E-state index contributed by atoms with van der Waals surface area (Å²) in [6.45, 7) is 1.51. The molecule has 1 aliphatic rings. The van der Waals surface area contributed by atoms with Crippen molar-refractivity contribution in [3.05, 3.63) is 22.5 Å². The molecule has 6 heteroatoms. The number of rotatable bonds is 2. The molecule has 0 unspecified atom stereocenters. The first-order valence-corrected chi connectivity index (χ1v) is 5.80. The van der Waals surface area contributed by atoms with Gasteiger partial charge in [-0.25, -0.2) is 0 Å². The first-order valence-electron chi connectivity index (χ1n) is 5.39. The molecule has 1 aromatic heterocycles. The molecular formula is C11H15NO4S. The van der Waals surface area contributed by atoms with Crippen molar-refractivity contribution in [1.29, 1.82) is 0 Å². The summed E-state index contributed by atoms with van der Waals surface area (Å²) in [6, 6.07) is 1.61. The normalized spacial score (nSPS) is 28.5. The van der Waals surface area contributed by atoms with Crippen LogP contribution in [0.1, 0.15) is 18.3 Å². The van der Waals surface area contributed by atoms with Crippen molar-refractivity contribution in [3.8, 4) is 5.75 Å². The summed E-state index contributed by atoms with van der Waals surface area (Å²) in [5, 5.41) is 28.4. The average molecular weight is 257 g/mol. The number of aromatic nitrogens is 1. The van der Waals surface area contributed by atoms with E-state index >= 15 is 0 Å². The van der Waals surface area contributed by atoms with E-state index in [9.17, 15) is 10.2 Å². The lowest BCUT2D eigenvalue weighted by atomic mass is 10.2. The van der Waals surface area contributed by atoms with Gasteiger partial charge in [0.05, 0.1) is 22.9 Å². The highest BCUT2D eigenvalue weighted by atomic mass is 32.1. The fourth-order valence-corrected chi connectivity index (χ4v) is 2.21. The van der Waals surface area contributed by atoms with E-state index in [1.54, 1.807) is 23.8 Å². The minimum Gasteiger partial charge on any atom is -0.505 e. The van der Waals surface area contributed by atoms with Crippen LogP contribution in [0, 0.1) is 11.4 Å². The minimum atomic E-state index is -0.692. The molecule has 0 bridgehead atoms. The smallest absolute Gasteiger partial charge is 0.152 e. The Morgan fingerprint density at radius 2 is 2.29 bits per heavy atom. The van der Waals surface area contributed by atoms with Crippen LogP contribution in [-0.4, -0.2) is 38.7 Å². The molecule has 0 radical (unpaired) electrons. The third-order valence-corrected chi connectivity index (χ3v) is 3.37. The first kappa shape index (κ1) is 12.5. The van der Waals surface area contributed by atoms with Crippen molar-refractivity contribution in [1.82, 2.24) is 4.57 Å². The zero-order valence-corrected chi connectivity index (χ0v) is 10.2. The summed E-state index contributed by atoms with van der Waals surface area (Å²) in [5.74, 6) is 0.0491. The summed E-state index contributed by atoms with van der Waals surface area (Å²) in [7, 11) is 0. The standard InChI is InChI=1S/C11H15NO4S/c1-6-11(15)9(17)2-3-12(6)10-4-7(14)8(5-13)16-10/h2-3,7-8,10,13-15H,4-5H2,1H3/t7-,8-,10-/m1/s1. The fourth-order valence-electron chi connectivity index (χ4n) is 2.00. The summed E-state index contributed by atoms with van der Waals surface area (Å²) in [4.78, 5) is 0. The second-order valence-electron chi connectivity index (χ2n) is 4.14. The molecule has 1 aliphatic heterocycles. The van der Waals surface area contributed by atoms with Gasteiger partial charge in [0.2, 0.25) is 0 Å². The van der Waals surface area contributed by atoms with E-state index in [2.05, 4.69) is 0 Å². The molecule has 3 N–H and O–H groups in total. The van der Waals surface area contributed by atoms with Gasteiger partial charge in [0.25, 0.3) is 0 Å². The van der Waals surface area contributed by atoms with Crippen molar-refractivity contribution >= 4 is 12.2 Å². The zero-order chi connectivity index (χ0) is 12.6. The van der Waals surface area contributed by atoms with E-state index in [0.717, 1.165) is 0 Å². The number of hydrogen-bond acceptors (Lipinski definition) is 5. The van der Waals surface area contributed by atoms with Gasteiger partial charge in [-0.3, -0.25) is 0 Å². The highest BCUT2D eigenvalue weighted by Gasteiger charge is 2.34. The molecule has 0 saturated carbocycles. The van der Waals surface area contributed by atoms with E-state index in [0.29, 0.717) is 16.6 Å². The quantitative estimate of drug-likeness (QED) is 0.686. The molecule has 1 saturated heterocycles. The second kappa shape index (κ2) is 4.73. The molecule has 3 atom stereocenters. The van der Waals surface area contributed by atoms with Crippen LogP contribution in [0.25, 0.3) is 0 Å². The average Bonchev–Trinajstić information content (AvgIpc) is 2.67. The molecule has 1 aromatic rings. The summed E-state index contributed by atoms with van der Waals surface area (Å²) < 4.78 is 7.60. The first-order chi connectivity index (χ1) is 8.04. The lowest BCUT2D eigenvalue weighted by molar-refractivity contribution is -0.0452. The zero-order valence-electron chi connectivity index (χ0n) is 9.41. The molecule has 0 aliphatic carbocycles. The van der Waals surface area contributed by atoms with Crippen LogP contribution in [0.4, 0.5) is 0 Å². The number of nitrogens with zero attached hydrogens (tertiary/aromatic N) is 1. The lowest BCUT2D eigenvalue weighted by Gasteiger charge is -2.19. The predicted octanol–water partition coefficient (Wildman–Crippen LogP) is 0.872. The Balaban J connectivity index is 2.31. The molecular weight excluding hydrogens is 242 g/mol. The van der Waals surface area contributed by atoms with E-state index in [1.807, 2.05) is 0 Å². The Labute approximate surface area is 104 Å². The predicted molar refractivity (Wildman–Crippen MR) is 63.3 cm³/mol. The molecule has 17 heavy (non-hydrogen) atoms.